The van der Waals surface area contributed by atoms with Gasteiger partial charge in [0.05, 0.1) is 0 Å². The van der Waals surface area contributed by atoms with Gasteiger partial charge in [0.15, 0.2) is 0 Å². The van der Waals surface area contributed by atoms with Crippen LogP contribution in [0.15, 0.2) is 0 Å². The van der Waals surface area contributed by atoms with E-state index in [-0.39, 0.29) is 0 Å². The number of rotatable bonds is 6. The Morgan fingerprint density at radius 3 is 2.30 bits per heavy atom. The molecule has 20 heavy (non-hydrogen) atoms. The first-order chi connectivity index (χ1) is 9.31. The monoisotopic (exact) mass is 295 g/mol. The molecule has 0 saturated heterocycles. The molecule has 1 saturated carbocycles. The first-order valence-electron chi connectivity index (χ1n) is 7.28. The number of amides is 1. The Morgan fingerprint density at radius 1 is 1.25 bits per heavy atom. The molecule has 1 aliphatic carbocycles. The van der Waals surface area contributed by atoms with Crippen molar-refractivity contribution in [3.63, 3.8) is 0 Å². The SMILES string of the molecule is CCC1CCC(CNC(=O)C(C)OCC(F)(F)F)CC1. The lowest BCUT2D eigenvalue weighted by Crippen LogP contribution is -2.39. The molecule has 1 unspecified atom stereocenters. The van der Waals surface area contributed by atoms with E-state index in [1.165, 1.54) is 26.2 Å². The third-order valence-electron chi connectivity index (χ3n) is 3.97. The highest BCUT2D eigenvalue weighted by Gasteiger charge is 2.30. The van der Waals surface area contributed by atoms with Gasteiger partial charge in [-0.2, -0.15) is 13.2 Å². The van der Waals surface area contributed by atoms with Gasteiger partial charge in [-0.1, -0.05) is 26.2 Å². The first-order valence-corrected chi connectivity index (χ1v) is 7.28. The van der Waals surface area contributed by atoms with Crippen molar-refractivity contribution in [1.82, 2.24) is 5.32 Å². The molecule has 0 aromatic heterocycles. The molecule has 0 bridgehead atoms. The smallest absolute Gasteiger partial charge is 0.359 e. The van der Waals surface area contributed by atoms with Gasteiger partial charge in [0.25, 0.3) is 0 Å². The summed E-state index contributed by atoms with van der Waals surface area (Å²) in [6.45, 7) is 2.68. The largest absolute Gasteiger partial charge is 0.411 e. The fraction of sp³-hybridized carbons (Fsp3) is 0.929. The van der Waals surface area contributed by atoms with Gasteiger partial charge in [-0.3, -0.25) is 4.79 Å². The predicted molar refractivity (Wildman–Crippen MR) is 70.2 cm³/mol. The maximum atomic E-state index is 12.0. The van der Waals surface area contributed by atoms with Gasteiger partial charge in [0.2, 0.25) is 5.91 Å². The van der Waals surface area contributed by atoms with E-state index in [1.807, 2.05) is 0 Å². The molecule has 1 N–H and O–H groups in total. The van der Waals surface area contributed by atoms with E-state index >= 15 is 0 Å². The van der Waals surface area contributed by atoms with Crippen LogP contribution in [0.4, 0.5) is 13.2 Å². The van der Waals surface area contributed by atoms with Crippen molar-refractivity contribution in [2.24, 2.45) is 11.8 Å². The molecule has 1 atom stereocenters. The number of nitrogens with one attached hydrogen (secondary N) is 1. The van der Waals surface area contributed by atoms with Crippen LogP contribution in [0, 0.1) is 11.8 Å². The molecule has 0 aromatic carbocycles. The Labute approximate surface area is 118 Å². The lowest BCUT2D eigenvalue weighted by atomic mass is 9.81. The van der Waals surface area contributed by atoms with Crippen molar-refractivity contribution in [2.45, 2.75) is 58.2 Å². The van der Waals surface area contributed by atoms with Crippen molar-refractivity contribution in [3.8, 4) is 0 Å². The summed E-state index contributed by atoms with van der Waals surface area (Å²) in [5.41, 5.74) is 0. The van der Waals surface area contributed by atoms with Crippen molar-refractivity contribution in [3.05, 3.63) is 0 Å². The zero-order valence-electron chi connectivity index (χ0n) is 12.1. The second-order valence-electron chi connectivity index (χ2n) is 5.61. The van der Waals surface area contributed by atoms with Crippen LogP contribution in [-0.2, 0) is 9.53 Å². The average Bonchev–Trinajstić information content (AvgIpc) is 2.41. The molecule has 0 spiro atoms. The summed E-state index contributed by atoms with van der Waals surface area (Å²) in [6, 6.07) is 0. The van der Waals surface area contributed by atoms with E-state index in [4.69, 9.17) is 0 Å². The van der Waals surface area contributed by atoms with Crippen molar-refractivity contribution in [2.75, 3.05) is 13.2 Å². The number of ether oxygens (including phenoxy) is 1. The molecule has 0 aromatic rings. The lowest BCUT2D eigenvalue weighted by Gasteiger charge is -2.28. The highest BCUT2D eigenvalue weighted by molar-refractivity contribution is 5.80. The van der Waals surface area contributed by atoms with E-state index in [0.29, 0.717) is 12.5 Å². The second kappa shape index (κ2) is 7.86. The number of alkyl halides is 3. The number of carbonyl (C=O) groups is 1. The van der Waals surface area contributed by atoms with Gasteiger partial charge in [-0.15, -0.1) is 0 Å². The Morgan fingerprint density at radius 2 is 1.80 bits per heavy atom. The Hall–Kier alpha value is -0.780. The number of carbonyl (C=O) groups excluding carboxylic acids is 1. The van der Waals surface area contributed by atoms with E-state index in [0.717, 1.165) is 18.8 Å². The zero-order valence-corrected chi connectivity index (χ0v) is 12.1. The number of hydrogen-bond acceptors (Lipinski definition) is 2. The van der Waals surface area contributed by atoms with Crippen LogP contribution < -0.4 is 5.32 Å². The van der Waals surface area contributed by atoms with Gasteiger partial charge in [-0.05, 0) is 31.6 Å². The maximum Gasteiger partial charge on any atom is 0.411 e. The molecular formula is C14H24F3NO2. The van der Waals surface area contributed by atoms with Crippen LogP contribution in [0.5, 0.6) is 0 Å². The molecule has 118 valence electrons. The predicted octanol–water partition coefficient (Wildman–Crippen LogP) is 3.29. The van der Waals surface area contributed by atoms with Crippen LogP contribution in [-0.4, -0.2) is 31.3 Å². The first kappa shape index (κ1) is 17.3. The third kappa shape index (κ3) is 6.59. The third-order valence-corrected chi connectivity index (χ3v) is 3.97. The molecule has 1 aliphatic rings. The highest BCUT2D eigenvalue weighted by Crippen LogP contribution is 2.30. The van der Waals surface area contributed by atoms with Gasteiger partial charge < -0.3 is 10.1 Å². The van der Waals surface area contributed by atoms with E-state index in [1.54, 1.807) is 0 Å². The Kier molecular flexibility index (Phi) is 6.79. The number of hydrogen-bond donors (Lipinski definition) is 1. The molecule has 3 nitrogen and oxygen atoms in total. The fourth-order valence-electron chi connectivity index (χ4n) is 2.53. The Bertz CT molecular complexity index is 299. The van der Waals surface area contributed by atoms with Crippen LogP contribution in [0.2, 0.25) is 0 Å². The standard InChI is InChI=1S/C14H24F3NO2/c1-3-11-4-6-12(7-5-11)8-18-13(19)10(2)20-9-14(15,16)17/h10-12H,3-9H2,1-2H3,(H,18,19). The van der Waals surface area contributed by atoms with Crippen molar-refractivity contribution in [1.29, 1.82) is 0 Å². The molecule has 6 heteroatoms. The van der Waals surface area contributed by atoms with Gasteiger partial charge in [0, 0.05) is 6.54 Å². The van der Waals surface area contributed by atoms with E-state index < -0.39 is 24.8 Å². The minimum atomic E-state index is -4.40. The lowest BCUT2D eigenvalue weighted by molar-refractivity contribution is -0.185. The van der Waals surface area contributed by atoms with Crippen molar-refractivity contribution < 1.29 is 22.7 Å². The van der Waals surface area contributed by atoms with Crippen LogP contribution in [0.1, 0.15) is 46.0 Å². The minimum Gasteiger partial charge on any atom is -0.359 e. The summed E-state index contributed by atoms with van der Waals surface area (Å²) in [5.74, 6) is 0.763. The minimum absolute atomic E-state index is 0.441. The Balaban J connectivity index is 2.19. The van der Waals surface area contributed by atoms with Crippen LogP contribution >= 0.6 is 0 Å². The quantitative estimate of drug-likeness (QED) is 0.816. The molecule has 0 aliphatic heterocycles. The van der Waals surface area contributed by atoms with E-state index in [9.17, 15) is 18.0 Å². The zero-order chi connectivity index (χ0) is 15.2. The van der Waals surface area contributed by atoms with Crippen LogP contribution in [0.25, 0.3) is 0 Å². The highest BCUT2D eigenvalue weighted by atomic mass is 19.4. The summed E-state index contributed by atoms with van der Waals surface area (Å²) in [7, 11) is 0. The summed E-state index contributed by atoms with van der Waals surface area (Å²) >= 11 is 0. The van der Waals surface area contributed by atoms with Crippen molar-refractivity contribution >= 4 is 5.91 Å². The van der Waals surface area contributed by atoms with Crippen LogP contribution in [0.3, 0.4) is 0 Å². The molecule has 1 fully saturated rings. The molecular weight excluding hydrogens is 271 g/mol. The topological polar surface area (TPSA) is 38.3 Å². The summed E-state index contributed by atoms with van der Waals surface area (Å²) in [6.07, 6.45) is 0.249. The van der Waals surface area contributed by atoms with Gasteiger partial charge in [0.1, 0.15) is 12.7 Å². The molecule has 1 amide bonds. The fourth-order valence-corrected chi connectivity index (χ4v) is 2.53. The molecule has 1 rings (SSSR count). The summed E-state index contributed by atoms with van der Waals surface area (Å²) < 4.78 is 40.4. The second-order valence-corrected chi connectivity index (χ2v) is 5.61. The van der Waals surface area contributed by atoms with E-state index in [2.05, 4.69) is 17.0 Å². The normalized spacial score (nSPS) is 25.2. The summed E-state index contributed by atoms with van der Waals surface area (Å²) in [5, 5.41) is 2.69. The van der Waals surface area contributed by atoms with Gasteiger partial charge >= 0.3 is 6.18 Å². The molecule has 0 heterocycles. The van der Waals surface area contributed by atoms with Gasteiger partial charge in [-0.25, -0.2) is 0 Å². The molecule has 0 radical (unpaired) electrons. The maximum absolute atomic E-state index is 12.0. The summed E-state index contributed by atoms with van der Waals surface area (Å²) in [4.78, 5) is 11.6. The average molecular weight is 295 g/mol. The number of halogens is 3.